The largest absolute Gasteiger partial charge is 0.478 e. The maximum atomic E-state index is 11.3. The molecule has 0 unspecified atom stereocenters. The van der Waals surface area contributed by atoms with Crippen LogP contribution in [0.5, 0.6) is 0 Å². The Kier molecular flexibility index (Phi) is 3.43. The quantitative estimate of drug-likeness (QED) is 0.809. The predicted octanol–water partition coefficient (Wildman–Crippen LogP) is 4.35. The highest BCUT2D eigenvalue weighted by atomic mass is 16.4. The van der Waals surface area contributed by atoms with Gasteiger partial charge in [-0.1, -0.05) is 57.2 Å². The SMILES string of the molecule is CC(C)(C)/C(=C\c1ccc2ccccc2c1)C(=O)O. The summed E-state index contributed by atoms with van der Waals surface area (Å²) >= 11 is 0. The lowest BCUT2D eigenvalue weighted by Crippen LogP contribution is -2.17. The van der Waals surface area contributed by atoms with E-state index in [1.54, 1.807) is 6.08 Å². The minimum Gasteiger partial charge on any atom is -0.478 e. The first kappa shape index (κ1) is 13.3. The Morgan fingerprint density at radius 1 is 1.05 bits per heavy atom. The molecule has 2 aromatic rings. The zero-order chi connectivity index (χ0) is 14.0. The first-order valence-corrected chi connectivity index (χ1v) is 6.32. The second kappa shape index (κ2) is 4.88. The van der Waals surface area contributed by atoms with Gasteiger partial charge in [-0.15, -0.1) is 0 Å². The number of carboxylic acids is 1. The van der Waals surface area contributed by atoms with Gasteiger partial charge in [0.25, 0.3) is 0 Å². The summed E-state index contributed by atoms with van der Waals surface area (Å²) in [4.78, 5) is 11.3. The second-order valence-electron chi connectivity index (χ2n) is 5.72. The topological polar surface area (TPSA) is 37.3 Å². The number of carbonyl (C=O) groups is 1. The summed E-state index contributed by atoms with van der Waals surface area (Å²) in [5.41, 5.74) is 0.964. The van der Waals surface area contributed by atoms with Crippen LogP contribution in [0.4, 0.5) is 0 Å². The van der Waals surface area contributed by atoms with Crippen molar-refractivity contribution in [1.29, 1.82) is 0 Å². The lowest BCUT2D eigenvalue weighted by Gasteiger charge is -2.19. The molecule has 0 aliphatic rings. The summed E-state index contributed by atoms with van der Waals surface area (Å²) in [6.07, 6.45) is 1.76. The molecule has 0 saturated heterocycles. The number of aliphatic carboxylic acids is 1. The molecule has 0 bridgehead atoms. The average Bonchev–Trinajstić information content (AvgIpc) is 2.34. The fourth-order valence-corrected chi connectivity index (χ4v) is 2.06. The molecule has 1 N–H and O–H groups in total. The van der Waals surface area contributed by atoms with Crippen LogP contribution in [0, 0.1) is 5.41 Å². The van der Waals surface area contributed by atoms with E-state index in [1.165, 1.54) is 0 Å². The maximum Gasteiger partial charge on any atom is 0.332 e. The first-order chi connectivity index (χ1) is 8.88. The molecule has 0 aromatic heterocycles. The van der Waals surface area contributed by atoms with Crippen molar-refractivity contribution < 1.29 is 9.90 Å². The van der Waals surface area contributed by atoms with Gasteiger partial charge in [-0.3, -0.25) is 0 Å². The van der Waals surface area contributed by atoms with E-state index < -0.39 is 5.97 Å². The van der Waals surface area contributed by atoms with Gasteiger partial charge in [0.1, 0.15) is 0 Å². The van der Waals surface area contributed by atoms with Crippen molar-refractivity contribution in [3.63, 3.8) is 0 Å². The number of rotatable bonds is 2. The molecule has 0 heterocycles. The van der Waals surface area contributed by atoms with E-state index in [2.05, 4.69) is 0 Å². The van der Waals surface area contributed by atoms with Crippen LogP contribution in [0.1, 0.15) is 26.3 Å². The van der Waals surface area contributed by atoms with Crippen LogP contribution in [0.2, 0.25) is 0 Å². The summed E-state index contributed by atoms with van der Waals surface area (Å²) in [6, 6.07) is 14.0. The van der Waals surface area contributed by atoms with Crippen LogP contribution in [0.15, 0.2) is 48.0 Å². The van der Waals surface area contributed by atoms with Gasteiger partial charge in [-0.05, 0) is 33.9 Å². The van der Waals surface area contributed by atoms with Crippen LogP contribution < -0.4 is 0 Å². The molecule has 0 amide bonds. The highest BCUT2D eigenvalue weighted by Gasteiger charge is 2.23. The van der Waals surface area contributed by atoms with Crippen molar-refractivity contribution >= 4 is 22.8 Å². The lowest BCUT2D eigenvalue weighted by atomic mass is 9.85. The molecule has 2 nitrogen and oxygen atoms in total. The molecule has 0 fully saturated rings. The summed E-state index contributed by atoms with van der Waals surface area (Å²) in [7, 11) is 0. The van der Waals surface area contributed by atoms with Crippen molar-refractivity contribution in [2.75, 3.05) is 0 Å². The zero-order valence-electron chi connectivity index (χ0n) is 11.5. The molecule has 2 rings (SSSR count). The van der Waals surface area contributed by atoms with Crippen molar-refractivity contribution in [2.24, 2.45) is 5.41 Å². The summed E-state index contributed by atoms with van der Waals surface area (Å²) in [5, 5.41) is 11.6. The molecule has 19 heavy (non-hydrogen) atoms. The Labute approximate surface area is 113 Å². The van der Waals surface area contributed by atoms with E-state index in [0.29, 0.717) is 5.57 Å². The van der Waals surface area contributed by atoms with E-state index in [0.717, 1.165) is 16.3 Å². The molecule has 98 valence electrons. The van der Waals surface area contributed by atoms with E-state index in [4.69, 9.17) is 0 Å². The average molecular weight is 254 g/mol. The summed E-state index contributed by atoms with van der Waals surface area (Å²) in [5.74, 6) is -0.861. The highest BCUT2D eigenvalue weighted by Crippen LogP contribution is 2.28. The molecule has 0 spiro atoms. The Hall–Kier alpha value is -2.09. The smallest absolute Gasteiger partial charge is 0.332 e. The van der Waals surface area contributed by atoms with Gasteiger partial charge >= 0.3 is 5.97 Å². The van der Waals surface area contributed by atoms with Gasteiger partial charge in [0.2, 0.25) is 0 Å². The normalized spacial score (nSPS) is 12.7. The second-order valence-corrected chi connectivity index (χ2v) is 5.72. The van der Waals surface area contributed by atoms with Crippen LogP contribution in [0.25, 0.3) is 16.8 Å². The van der Waals surface area contributed by atoms with Crippen molar-refractivity contribution in [1.82, 2.24) is 0 Å². The van der Waals surface area contributed by atoms with Crippen LogP contribution >= 0.6 is 0 Å². The Morgan fingerprint density at radius 3 is 2.26 bits per heavy atom. The lowest BCUT2D eigenvalue weighted by molar-refractivity contribution is -0.133. The number of benzene rings is 2. The predicted molar refractivity (Wildman–Crippen MR) is 79.0 cm³/mol. The van der Waals surface area contributed by atoms with Gasteiger partial charge in [0, 0.05) is 5.57 Å². The minimum absolute atomic E-state index is 0.378. The molecule has 2 aromatic carbocycles. The van der Waals surface area contributed by atoms with E-state index in [-0.39, 0.29) is 5.41 Å². The fourth-order valence-electron chi connectivity index (χ4n) is 2.06. The van der Waals surface area contributed by atoms with Crippen molar-refractivity contribution in [2.45, 2.75) is 20.8 Å². The van der Waals surface area contributed by atoms with Crippen LogP contribution in [0.3, 0.4) is 0 Å². The van der Waals surface area contributed by atoms with Gasteiger partial charge in [-0.2, -0.15) is 0 Å². The maximum absolute atomic E-state index is 11.3. The highest BCUT2D eigenvalue weighted by molar-refractivity contribution is 5.94. The van der Waals surface area contributed by atoms with Gasteiger partial charge in [0.05, 0.1) is 0 Å². The summed E-state index contributed by atoms with van der Waals surface area (Å²) < 4.78 is 0. The summed E-state index contributed by atoms with van der Waals surface area (Å²) in [6.45, 7) is 5.73. The third kappa shape index (κ3) is 3.02. The molecular formula is C17H18O2. The number of hydrogen-bond acceptors (Lipinski definition) is 1. The molecule has 0 atom stereocenters. The number of hydrogen-bond donors (Lipinski definition) is 1. The monoisotopic (exact) mass is 254 g/mol. The molecule has 0 radical (unpaired) electrons. The van der Waals surface area contributed by atoms with Gasteiger partial charge in [0.15, 0.2) is 0 Å². The minimum atomic E-state index is -0.861. The van der Waals surface area contributed by atoms with E-state index in [1.807, 2.05) is 63.2 Å². The molecule has 0 aliphatic heterocycles. The van der Waals surface area contributed by atoms with Crippen LogP contribution in [-0.2, 0) is 4.79 Å². The Bertz CT molecular complexity index is 646. The third-order valence-corrected chi connectivity index (χ3v) is 3.12. The molecular weight excluding hydrogens is 236 g/mol. The Morgan fingerprint density at radius 2 is 1.68 bits per heavy atom. The molecule has 0 saturated carbocycles. The molecule has 2 heteroatoms. The first-order valence-electron chi connectivity index (χ1n) is 6.32. The number of carboxylic acid groups (broad SMARTS) is 1. The fraction of sp³-hybridized carbons (Fsp3) is 0.235. The van der Waals surface area contributed by atoms with E-state index >= 15 is 0 Å². The zero-order valence-corrected chi connectivity index (χ0v) is 11.5. The van der Waals surface area contributed by atoms with Gasteiger partial charge < -0.3 is 5.11 Å². The van der Waals surface area contributed by atoms with Crippen LogP contribution in [-0.4, -0.2) is 11.1 Å². The number of fused-ring (bicyclic) bond motifs is 1. The third-order valence-electron chi connectivity index (χ3n) is 3.12. The van der Waals surface area contributed by atoms with Crippen molar-refractivity contribution in [3.8, 4) is 0 Å². The Balaban J connectivity index is 2.52. The van der Waals surface area contributed by atoms with Gasteiger partial charge in [-0.25, -0.2) is 4.79 Å². The van der Waals surface area contributed by atoms with E-state index in [9.17, 15) is 9.90 Å². The molecule has 0 aliphatic carbocycles. The standard InChI is InChI=1S/C17H18O2/c1-17(2,3)15(16(18)19)11-12-8-9-13-6-4-5-7-14(13)10-12/h4-11H,1-3H3,(H,18,19)/b15-11-. The van der Waals surface area contributed by atoms with Crippen molar-refractivity contribution in [3.05, 3.63) is 53.6 Å².